The number of imidazole rings is 1. The predicted molar refractivity (Wildman–Crippen MR) is 95.6 cm³/mol. The van der Waals surface area contributed by atoms with Crippen LogP contribution >= 0.6 is 0 Å². The molecule has 144 valence electrons. The Labute approximate surface area is 154 Å². The number of fused-ring (bicyclic) bond motifs is 1. The molecule has 1 aliphatic heterocycles. The van der Waals surface area contributed by atoms with Gasteiger partial charge < -0.3 is 9.30 Å². The Morgan fingerprint density at radius 1 is 1.07 bits per heavy atom. The lowest BCUT2D eigenvalue weighted by Gasteiger charge is -2.35. The maximum atomic E-state index is 12.8. The van der Waals surface area contributed by atoms with Gasteiger partial charge in [-0.3, -0.25) is 9.58 Å². The number of halogens is 3. The minimum absolute atomic E-state index is 0.301. The molecule has 0 N–H and O–H groups in total. The first-order valence-electron chi connectivity index (χ1n) is 8.82. The van der Waals surface area contributed by atoms with Crippen molar-refractivity contribution in [1.82, 2.24) is 24.1 Å². The first kappa shape index (κ1) is 17.8. The molecule has 1 fully saturated rings. The Bertz CT molecular complexity index is 930. The molecular weight excluding hydrogens is 357 g/mol. The summed E-state index contributed by atoms with van der Waals surface area (Å²) in [6.07, 6.45) is -1.67. The highest BCUT2D eigenvalue weighted by molar-refractivity contribution is 5.53. The molecule has 0 atom stereocenters. The molecule has 1 saturated heterocycles. The van der Waals surface area contributed by atoms with Gasteiger partial charge in [0.15, 0.2) is 5.69 Å². The molecule has 0 aromatic carbocycles. The highest BCUT2D eigenvalue weighted by Gasteiger charge is 2.34. The smallest absolute Gasteiger partial charge is 0.368 e. The fourth-order valence-electron chi connectivity index (χ4n) is 3.41. The molecule has 0 aliphatic carbocycles. The minimum Gasteiger partial charge on any atom is -0.368 e. The summed E-state index contributed by atoms with van der Waals surface area (Å²) in [5.41, 5.74) is 2.53. The summed E-state index contributed by atoms with van der Waals surface area (Å²) in [5.74, 6) is 0. The molecule has 3 aromatic rings. The van der Waals surface area contributed by atoms with Crippen molar-refractivity contribution in [2.45, 2.75) is 19.6 Å². The van der Waals surface area contributed by atoms with Crippen LogP contribution in [0.4, 0.5) is 18.9 Å². The van der Waals surface area contributed by atoms with Crippen LogP contribution in [-0.4, -0.2) is 50.2 Å². The number of aryl methyl sites for hydroxylation is 2. The Kier molecular flexibility index (Phi) is 4.33. The Morgan fingerprint density at radius 2 is 1.81 bits per heavy atom. The van der Waals surface area contributed by atoms with Crippen LogP contribution in [0.3, 0.4) is 0 Å². The molecule has 0 bridgehead atoms. The minimum atomic E-state index is -4.43. The van der Waals surface area contributed by atoms with Gasteiger partial charge in [-0.2, -0.15) is 18.3 Å². The van der Waals surface area contributed by atoms with E-state index in [-0.39, 0.29) is 0 Å². The summed E-state index contributed by atoms with van der Waals surface area (Å²) in [5, 5.41) is 4.50. The van der Waals surface area contributed by atoms with E-state index >= 15 is 0 Å². The highest BCUT2D eigenvalue weighted by Crippen LogP contribution is 2.29. The van der Waals surface area contributed by atoms with Gasteiger partial charge in [-0.1, -0.05) is 0 Å². The largest absolute Gasteiger partial charge is 0.434 e. The maximum Gasteiger partial charge on any atom is 0.434 e. The third-order valence-corrected chi connectivity index (χ3v) is 5.01. The number of pyridine rings is 1. The zero-order valence-electron chi connectivity index (χ0n) is 15.2. The number of alkyl halides is 3. The topological polar surface area (TPSA) is 41.6 Å². The molecule has 9 heteroatoms. The third kappa shape index (κ3) is 3.64. The van der Waals surface area contributed by atoms with E-state index < -0.39 is 11.9 Å². The van der Waals surface area contributed by atoms with Gasteiger partial charge in [0.2, 0.25) is 0 Å². The van der Waals surface area contributed by atoms with Crippen molar-refractivity contribution in [2.75, 3.05) is 31.1 Å². The lowest BCUT2D eigenvalue weighted by Crippen LogP contribution is -2.46. The van der Waals surface area contributed by atoms with Gasteiger partial charge >= 0.3 is 6.18 Å². The molecule has 27 heavy (non-hydrogen) atoms. The molecule has 6 nitrogen and oxygen atoms in total. The van der Waals surface area contributed by atoms with Crippen molar-refractivity contribution >= 4 is 11.3 Å². The van der Waals surface area contributed by atoms with Gasteiger partial charge in [-0.05, 0) is 25.1 Å². The van der Waals surface area contributed by atoms with Crippen LogP contribution in [0.1, 0.15) is 17.1 Å². The molecule has 1 aliphatic rings. The van der Waals surface area contributed by atoms with E-state index in [2.05, 4.69) is 25.9 Å². The van der Waals surface area contributed by atoms with Gasteiger partial charge in [0.05, 0.1) is 11.4 Å². The standard InChI is InChI=1S/C18H21F3N6/c1-13-9-14(23-24(13)2)10-25-5-7-26(8-6-25)15-3-4-17-22-16(18(19,20)21)12-27(17)11-15/h3-4,9,11-12H,5-8,10H2,1-2H3. The lowest BCUT2D eigenvalue weighted by atomic mass is 10.2. The summed E-state index contributed by atoms with van der Waals surface area (Å²) in [6.45, 7) is 6.24. The van der Waals surface area contributed by atoms with Crippen molar-refractivity contribution in [3.05, 3.63) is 47.7 Å². The molecule has 0 amide bonds. The fourth-order valence-corrected chi connectivity index (χ4v) is 3.41. The molecule has 4 heterocycles. The molecule has 0 unspecified atom stereocenters. The van der Waals surface area contributed by atoms with Crippen LogP contribution in [0.2, 0.25) is 0 Å². The van der Waals surface area contributed by atoms with Crippen molar-refractivity contribution in [1.29, 1.82) is 0 Å². The van der Waals surface area contributed by atoms with Crippen LogP contribution in [0.15, 0.2) is 30.6 Å². The summed E-state index contributed by atoms with van der Waals surface area (Å²) in [6, 6.07) is 5.56. The maximum absolute atomic E-state index is 12.8. The molecule has 0 radical (unpaired) electrons. The lowest BCUT2D eigenvalue weighted by molar-refractivity contribution is -0.140. The number of nitrogens with zero attached hydrogens (tertiary/aromatic N) is 6. The second-order valence-corrected chi connectivity index (χ2v) is 6.94. The van der Waals surface area contributed by atoms with Crippen LogP contribution in [0.25, 0.3) is 5.65 Å². The van der Waals surface area contributed by atoms with Crippen molar-refractivity contribution in [3.8, 4) is 0 Å². The molecule has 0 saturated carbocycles. The first-order chi connectivity index (χ1) is 12.8. The summed E-state index contributed by atoms with van der Waals surface area (Å²) >= 11 is 0. The van der Waals surface area contributed by atoms with Gasteiger partial charge in [0, 0.05) is 57.9 Å². The molecule has 0 spiro atoms. The summed E-state index contributed by atoms with van der Waals surface area (Å²) in [7, 11) is 1.94. The quantitative estimate of drug-likeness (QED) is 0.703. The van der Waals surface area contributed by atoms with E-state index in [9.17, 15) is 13.2 Å². The van der Waals surface area contributed by atoms with Crippen LogP contribution in [0.5, 0.6) is 0 Å². The first-order valence-corrected chi connectivity index (χ1v) is 8.82. The molecule has 3 aromatic heterocycles. The van der Waals surface area contributed by atoms with E-state index in [4.69, 9.17) is 0 Å². The van der Waals surface area contributed by atoms with E-state index in [1.165, 1.54) is 4.40 Å². The number of aromatic nitrogens is 4. The van der Waals surface area contributed by atoms with E-state index in [1.54, 1.807) is 12.3 Å². The zero-order valence-corrected chi connectivity index (χ0v) is 15.2. The van der Waals surface area contributed by atoms with Crippen LogP contribution in [-0.2, 0) is 19.8 Å². The number of piperazine rings is 1. The zero-order chi connectivity index (χ0) is 19.2. The number of rotatable bonds is 3. The average molecular weight is 378 g/mol. The van der Waals surface area contributed by atoms with E-state index in [0.717, 1.165) is 56.0 Å². The number of anilines is 1. The van der Waals surface area contributed by atoms with Crippen molar-refractivity contribution in [2.24, 2.45) is 7.05 Å². The van der Waals surface area contributed by atoms with Gasteiger partial charge in [0.25, 0.3) is 0 Å². The third-order valence-electron chi connectivity index (χ3n) is 5.01. The second-order valence-electron chi connectivity index (χ2n) is 6.94. The molecule has 4 rings (SSSR count). The SMILES string of the molecule is Cc1cc(CN2CCN(c3ccc4nc(C(F)(F)F)cn4c3)CC2)nn1C. The Hall–Kier alpha value is -2.55. The summed E-state index contributed by atoms with van der Waals surface area (Å²) < 4.78 is 41.8. The highest BCUT2D eigenvalue weighted by atomic mass is 19.4. The molecular formula is C18H21F3N6. The summed E-state index contributed by atoms with van der Waals surface area (Å²) in [4.78, 5) is 8.17. The van der Waals surface area contributed by atoms with Gasteiger partial charge in [-0.25, -0.2) is 4.98 Å². The number of hydrogen-bond donors (Lipinski definition) is 0. The van der Waals surface area contributed by atoms with Gasteiger partial charge in [-0.15, -0.1) is 0 Å². The normalized spacial score (nSPS) is 16.4. The second kappa shape index (κ2) is 6.56. The monoisotopic (exact) mass is 378 g/mol. The average Bonchev–Trinajstić information content (AvgIpc) is 3.18. The van der Waals surface area contributed by atoms with Crippen LogP contribution < -0.4 is 4.90 Å². The fraction of sp³-hybridized carbons (Fsp3) is 0.444. The van der Waals surface area contributed by atoms with E-state index in [1.807, 2.05) is 24.7 Å². The Morgan fingerprint density at radius 3 is 2.44 bits per heavy atom. The van der Waals surface area contributed by atoms with E-state index in [0.29, 0.717) is 5.65 Å². The number of hydrogen-bond acceptors (Lipinski definition) is 4. The van der Waals surface area contributed by atoms with Gasteiger partial charge in [0.1, 0.15) is 5.65 Å². The van der Waals surface area contributed by atoms with Crippen LogP contribution in [0, 0.1) is 6.92 Å². The van der Waals surface area contributed by atoms with Crippen molar-refractivity contribution < 1.29 is 13.2 Å². The van der Waals surface area contributed by atoms with Crippen molar-refractivity contribution in [3.63, 3.8) is 0 Å². The predicted octanol–water partition coefficient (Wildman–Crippen LogP) is 2.72. The Balaban J connectivity index is 1.43.